The first-order valence-corrected chi connectivity index (χ1v) is 5.32. The molecule has 1 fully saturated rings. The summed E-state index contributed by atoms with van der Waals surface area (Å²) < 4.78 is 9.90. The van der Waals surface area contributed by atoms with E-state index in [-0.39, 0.29) is 12.6 Å². The van der Waals surface area contributed by atoms with Crippen molar-refractivity contribution in [1.29, 1.82) is 0 Å². The Kier molecular flexibility index (Phi) is 4.70. The van der Waals surface area contributed by atoms with Gasteiger partial charge in [0.25, 0.3) is 0 Å². The standard InChI is InChI=1S/C10H18N2O4/c1-3-7(9(11)13)12-4-5-16-6-8(12)10(14)15-2/h7-8H,3-6H2,1-2H3,(H2,11,13). The summed E-state index contributed by atoms with van der Waals surface area (Å²) in [5.41, 5.74) is 5.31. The third-order valence-corrected chi connectivity index (χ3v) is 2.76. The number of esters is 1. The van der Waals surface area contributed by atoms with E-state index >= 15 is 0 Å². The van der Waals surface area contributed by atoms with Gasteiger partial charge in [0, 0.05) is 6.54 Å². The van der Waals surface area contributed by atoms with Crippen LogP contribution in [0.3, 0.4) is 0 Å². The fraction of sp³-hybridized carbons (Fsp3) is 0.800. The van der Waals surface area contributed by atoms with Crippen molar-refractivity contribution in [1.82, 2.24) is 4.90 Å². The molecule has 0 spiro atoms. The molecule has 92 valence electrons. The lowest BCUT2D eigenvalue weighted by Crippen LogP contribution is -2.57. The fourth-order valence-electron chi connectivity index (χ4n) is 1.93. The number of morpholine rings is 1. The highest BCUT2D eigenvalue weighted by molar-refractivity contribution is 5.82. The maximum absolute atomic E-state index is 11.5. The molecule has 1 saturated heterocycles. The summed E-state index contributed by atoms with van der Waals surface area (Å²) in [5, 5.41) is 0. The van der Waals surface area contributed by atoms with Crippen molar-refractivity contribution >= 4 is 11.9 Å². The van der Waals surface area contributed by atoms with Gasteiger partial charge in [0.15, 0.2) is 0 Å². The van der Waals surface area contributed by atoms with Crippen LogP contribution in [0.1, 0.15) is 13.3 Å². The highest BCUT2D eigenvalue weighted by atomic mass is 16.5. The lowest BCUT2D eigenvalue weighted by molar-refractivity contribution is -0.156. The molecule has 0 aromatic rings. The number of hydrogen-bond acceptors (Lipinski definition) is 5. The minimum atomic E-state index is -0.531. The van der Waals surface area contributed by atoms with Gasteiger partial charge in [0.1, 0.15) is 6.04 Å². The molecule has 0 aliphatic carbocycles. The highest BCUT2D eigenvalue weighted by Gasteiger charge is 2.36. The van der Waals surface area contributed by atoms with Crippen molar-refractivity contribution in [3.8, 4) is 0 Å². The topological polar surface area (TPSA) is 81.9 Å². The molecule has 0 saturated carbocycles. The smallest absolute Gasteiger partial charge is 0.325 e. The molecule has 1 aliphatic rings. The number of nitrogens with zero attached hydrogens (tertiary/aromatic N) is 1. The van der Waals surface area contributed by atoms with E-state index in [2.05, 4.69) is 4.74 Å². The predicted molar refractivity (Wildman–Crippen MR) is 56.6 cm³/mol. The molecule has 2 atom stereocenters. The lowest BCUT2D eigenvalue weighted by Gasteiger charge is -2.37. The van der Waals surface area contributed by atoms with E-state index in [1.54, 1.807) is 4.90 Å². The second-order valence-corrected chi connectivity index (χ2v) is 3.68. The zero-order valence-corrected chi connectivity index (χ0v) is 9.64. The Bertz CT molecular complexity index is 270. The number of methoxy groups -OCH3 is 1. The van der Waals surface area contributed by atoms with E-state index in [1.807, 2.05) is 6.92 Å². The molecule has 6 nitrogen and oxygen atoms in total. The number of hydrogen-bond donors (Lipinski definition) is 1. The third-order valence-electron chi connectivity index (χ3n) is 2.76. The average molecular weight is 230 g/mol. The van der Waals surface area contributed by atoms with Crippen LogP contribution in [0.2, 0.25) is 0 Å². The van der Waals surface area contributed by atoms with Crippen LogP contribution in [-0.4, -0.2) is 55.7 Å². The number of amides is 1. The van der Waals surface area contributed by atoms with Crippen LogP contribution in [0.25, 0.3) is 0 Å². The molecule has 2 N–H and O–H groups in total. The molecule has 0 aromatic carbocycles. The number of nitrogens with two attached hydrogens (primary N) is 1. The maximum atomic E-state index is 11.5. The molecule has 1 aliphatic heterocycles. The number of rotatable bonds is 4. The Morgan fingerprint density at radius 1 is 1.62 bits per heavy atom. The number of primary amides is 1. The largest absolute Gasteiger partial charge is 0.468 e. The molecule has 2 unspecified atom stereocenters. The molecule has 16 heavy (non-hydrogen) atoms. The second-order valence-electron chi connectivity index (χ2n) is 3.68. The molecule has 0 radical (unpaired) electrons. The summed E-state index contributed by atoms with van der Waals surface area (Å²) in [5.74, 6) is -0.808. The van der Waals surface area contributed by atoms with E-state index in [4.69, 9.17) is 10.5 Å². The minimum absolute atomic E-state index is 0.246. The number of ether oxygens (including phenoxy) is 2. The van der Waals surface area contributed by atoms with Gasteiger partial charge < -0.3 is 15.2 Å². The molecule has 0 aromatic heterocycles. The summed E-state index contributed by atoms with van der Waals surface area (Å²) in [6.07, 6.45) is 0.572. The van der Waals surface area contributed by atoms with Crippen LogP contribution in [0.15, 0.2) is 0 Å². The van der Waals surface area contributed by atoms with Crippen LogP contribution in [0, 0.1) is 0 Å². The second kappa shape index (κ2) is 5.81. The summed E-state index contributed by atoms with van der Waals surface area (Å²) >= 11 is 0. The monoisotopic (exact) mass is 230 g/mol. The van der Waals surface area contributed by atoms with Crippen molar-refractivity contribution in [3.05, 3.63) is 0 Å². The van der Waals surface area contributed by atoms with Crippen LogP contribution in [0.5, 0.6) is 0 Å². The van der Waals surface area contributed by atoms with Gasteiger partial charge in [0.05, 0.1) is 26.4 Å². The van der Waals surface area contributed by atoms with Crippen molar-refractivity contribution in [2.45, 2.75) is 25.4 Å². The van der Waals surface area contributed by atoms with Gasteiger partial charge in [-0.1, -0.05) is 6.92 Å². The van der Waals surface area contributed by atoms with Crippen molar-refractivity contribution in [2.24, 2.45) is 5.73 Å². The fourth-order valence-corrected chi connectivity index (χ4v) is 1.93. The van der Waals surface area contributed by atoms with Gasteiger partial charge in [-0.25, -0.2) is 0 Å². The van der Waals surface area contributed by atoms with E-state index in [9.17, 15) is 9.59 Å². The third kappa shape index (κ3) is 2.70. The van der Waals surface area contributed by atoms with Crippen molar-refractivity contribution in [2.75, 3.05) is 26.9 Å². The quantitative estimate of drug-likeness (QED) is 0.634. The number of carbonyl (C=O) groups excluding carboxylic acids is 2. The minimum Gasteiger partial charge on any atom is -0.468 e. The van der Waals surface area contributed by atoms with Crippen LogP contribution < -0.4 is 5.73 Å². The lowest BCUT2D eigenvalue weighted by atomic mass is 10.1. The molecule has 1 heterocycles. The van der Waals surface area contributed by atoms with Gasteiger partial charge in [-0.2, -0.15) is 0 Å². The van der Waals surface area contributed by atoms with Crippen LogP contribution in [-0.2, 0) is 19.1 Å². The first-order chi connectivity index (χ1) is 7.61. The number of carbonyl (C=O) groups is 2. The van der Waals surface area contributed by atoms with E-state index < -0.39 is 18.0 Å². The van der Waals surface area contributed by atoms with E-state index in [0.717, 1.165) is 0 Å². The maximum Gasteiger partial charge on any atom is 0.325 e. The Morgan fingerprint density at radius 3 is 2.81 bits per heavy atom. The predicted octanol–water partition coefficient (Wildman–Crippen LogP) is -0.876. The van der Waals surface area contributed by atoms with E-state index in [0.29, 0.717) is 19.6 Å². The SMILES string of the molecule is CCC(C(N)=O)N1CCOCC1C(=O)OC. The molecule has 1 rings (SSSR count). The van der Waals surface area contributed by atoms with Gasteiger partial charge in [-0.3, -0.25) is 14.5 Å². The Balaban J connectivity index is 2.80. The van der Waals surface area contributed by atoms with E-state index in [1.165, 1.54) is 7.11 Å². The summed E-state index contributed by atoms with van der Waals surface area (Å²) in [6, 6.07) is -0.968. The molecular weight excluding hydrogens is 212 g/mol. The summed E-state index contributed by atoms with van der Waals surface area (Å²) in [7, 11) is 1.32. The zero-order valence-electron chi connectivity index (χ0n) is 9.64. The molecular formula is C10H18N2O4. The highest BCUT2D eigenvalue weighted by Crippen LogP contribution is 2.14. The Morgan fingerprint density at radius 2 is 2.31 bits per heavy atom. The Labute approximate surface area is 94.7 Å². The summed E-state index contributed by atoms with van der Waals surface area (Å²) in [6.45, 7) is 3.12. The Hall–Kier alpha value is -1.14. The van der Waals surface area contributed by atoms with Crippen molar-refractivity contribution < 1.29 is 19.1 Å². The van der Waals surface area contributed by atoms with Gasteiger partial charge in [-0.15, -0.1) is 0 Å². The molecule has 1 amide bonds. The van der Waals surface area contributed by atoms with Gasteiger partial charge in [0.2, 0.25) is 5.91 Å². The molecule has 0 bridgehead atoms. The van der Waals surface area contributed by atoms with Crippen molar-refractivity contribution in [3.63, 3.8) is 0 Å². The van der Waals surface area contributed by atoms with Crippen LogP contribution in [0.4, 0.5) is 0 Å². The first kappa shape index (κ1) is 12.9. The summed E-state index contributed by atoms with van der Waals surface area (Å²) in [4.78, 5) is 24.6. The average Bonchev–Trinajstić information content (AvgIpc) is 2.29. The zero-order chi connectivity index (χ0) is 12.1. The normalized spacial score (nSPS) is 23.8. The first-order valence-electron chi connectivity index (χ1n) is 5.32. The molecule has 6 heteroatoms. The van der Waals surface area contributed by atoms with Crippen LogP contribution >= 0.6 is 0 Å². The van der Waals surface area contributed by atoms with Gasteiger partial charge in [-0.05, 0) is 6.42 Å². The van der Waals surface area contributed by atoms with Gasteiger partial charge >= 0.3 is 5.97 Å².